The number of carbonyl (C=O) groups excluding carboxylic acids is 2. The summed E-state index contributed by atoms with van der Waals surface area (Å²) in [6, 6.07) is 5.88. The van der Waals surface area contributed by atoms with Crippen molar-refractivity contribution in [3.05, 3.63) is 29.3 Å². The third-order valence-corrected chi connectivity index (χ3v) is 3.68. The number of carboxylic acids is 1. The Morgan fingerprint density at radius 1 is 1.27 bits per heavy atom. The third-order valence-electron chi connectivity index (χ3n) is 3.68. The molecule has 0 unspecified atom stereocenters. The first-order chi connectivity index (χ1) is 10.4. The van der Waals surface area contributed by atoms with E-state index < -0.39 is 17.8 Å². The van der Waals surface area contributed by atoms with Crippen LogP contribution in [-0.2, 0) is 14.4 Å². The molecule has 1 aromatic carbocycles. The molecule has 0 spiro atoms. The summed E-state index contributed by atoms with van der Waals surface area (Å²) < 4.78 is 0. The lowest BCUT2D eigenvalue weighted by molar-refractivity contribution is -0.137. The van der Waals surface area contributed by atoms with Gasteiger partial charge in [0.05, 0.1) is 6.42 Å². The van der Waals surface area contributed by atoms with Gasteiger partial charge < -0.3 is 15.3 Å². The minimum Gasteiger partial charge on any atom is -0.481 e. The highest BCUT2D eigenvalue weighted by Crippen LogP contribution is 2.27. The summed E-state index contributed by atoms with van der Waals surface area (Å²) in [5, 5.41) is 11.1. The van der Waals surface area contributed by atoms with E-state index >= 15 is 0 Å². The van der Waals surface area contributed by atoms with Crippen molar-refractivity contribution in [3.8, 4) is 0 Å². The van der Waals surface area contributed by atoms with Gasteiger partial charge in [0, 0.05) is 18.8 Å². The molecule has 22 heavy (non-hydrogen) atoms. The second-order valence-electron chi connectivity index (χ2n) is 5.61. The quantitative estimate of drug-likeness (QED) is 0.802. The summed E-state index contributed by atoms with van der Waals surface area (Å²) in [5.41, 5.74) is 2.94. The molecule has 0 aliphatic carbocycles. The summed E-state index contributed by atoms with van der Waals surface area (Å²) in [5.74, 6) is -2.32. The van der Waals surface area contributed by atoms with Gasteiger partial charge in [0.1, 0.15) is 5.92 Å². The fraction of sp³-hybridized carbons (Fsp3) is 0.438. The zero-order valence-corrected chi connectivity index (χ0v) is 12.8. The van der Waals surface area contributed by atoms with E-state index in [9.17, 15) is 14.4 Å². The number of aryl methyl sites for hydroxylation is 2. The molecule has 1 atom stereocenters. The number of rotatable bonds is 5. The average molecular weight is 304 g/mol. The van der Waals surface area contributed by atoms with Gasteiger partial charge in [0.25, 0.3) is 0 Å². The van der Waals surface area contributed by atoms with Crippen LogP contribution in [0.2, 0.25) is 0 Å². The van der Waals surface area contributed by atoms with Crippen LogP contribution < -0.4 is 10.2 Å². The predicted molar refractivity (Wildman–Crippen MR) is 81.6 cm³/mol. The Labute approximate surface area is 129 Å². The fourth-order valence-electron chi connectivity index (χ4n) is 2.70. The second-order valence-corrected chi connectivity index (χ2v) is 5.61. The topological polar surface area (TPSA) is 86.7 Å². The molecule has 1 aromatic rings. The molecule has 2 amide bonds. The molecule has 2 N–H and O–H groups in total. The molecule has 6 nitrogen and oxygen atoms in total. The zero-order chi connectivity index (χ0) is 16.3. The van der Waals surface area contributed by atoms with Gasteiger partial charge in [0.15, 0.2) is 0 Å². The molecule has 1 aliphatic rings. The molecule has 0 saturated carbocycles. The molecule has 1 fully saturated rings. The van der Waals surface area contributed by atoms with E-state index in [4.69, 9.17) is 5.11 Å². The number of aliphatic carboxylic acids is 1. The summed E-state index contributed by atoms with van der Waals surface area (Å²) in [6.45, 7) is 4.47. The number of nitrogens with zero attached hydrogens (tertiary/aromatic N) is 1. The molecular weight excluding hydrogens is 284 g/mol. The maximum absolute atomic E-state index is 12.4. The van der Waals surface area contributed by atoms with E-state index in [1.165, 1.54) is 0 Å². The molecule has 0 aromatic heterocycles. The van der Waals surface area contributed by atoms with Crippen molar-refractivity contribution in [1.29, 1.82) is 0 Å². The van der Waals surface area contributed by atoms with Crippen molar-refractivity contribution in [2.24, 2.45) is 5.92 Å². The molecular formula is C16H20N2O4. The number of hydrogen-bond acceptors (Lipinski definition) is 3. The number of anilines is 1. The first-order valence-corrected chi connectivity index (χ1v) is 7.27. The van der Waals surface area contributed by atoms with E-state index in [0.29, 0.717) is 13.0 Å². The van der Waals surface area contributed by atoms with Gasteiger partial charge in [0.2, 0.25) is 11.8 Å². The van der Waals surface area contributed by atoms with Crippen LogP contribution in [0.1, 0.15) is 24.0 Å². The summed E-state index contributed by atoms with van der Waals surface area (Å²) in [6.07, 6.45) is 0.304. The lowest BCUT2D eigenvalue weighted by atomic mass is 10.1. The van der Waals surface area contributed by atoms with Crippen LogP contribution in [0.4, 0.5) is 5.69 Å². The Balaban J connectivity index is 2.03. The van der Waals surface area contributed by atoms with E-state index in [-0.39, 0.29) is 18.9 Å². The van der Waals surface area contributed by atoms with Crippen molar-refractivity contribution in [1.82, 2.24) is 5.32 Å². The molecule has 1 heterocycles. The van der Waals surface area contributed by atoms with E-state index in [1.807, 2.05) is 32.0 Å². The highest BCUT2D eigenvalue weighted by atomic mass is 16.4. The largest absolute Gasteiger partial charge is 0.481 e. The van der Waals surface area contributed by atoms with E-state index in [2.05, 4.69) is 5.32 Å². The standard InChI is InChI=1S/C16H20N2O4/c1-10-7-11(2)9-12(8-10)18-6-4-13(16(18)22)15(21)17-5-3-14(19)20/h7-9,13H,3-6H2,1-2H3,(H,17,21)(H,19,20)/t13-/m0/s1. The van der Waals surface area contributed by atoms with E-state index in [0.717, 1.165) is 16.8 Å². The highest BCUT2D eigenvalue weighted by Gasteiger charge is 2.37. The Kier molecular flexibility index (Phi) is 4.80. The first-order valence-electron chi connectivity index (χ1n) is 7.27. The van der Waals surface area contributed by atoms with Crippen molar-refractivity contribution >= 4 is 23.5 Å². The maximum atomic E-state index is 12.4. The number of nitrogens with one attached hydrogen (secondary N) is 1. The lowest BCUT2D eigenvalue weighted by Gasteiger charge is -2.18. The van der Waals surface area contributed by atoms with Gasteiger partial charge in [-0.3, -0.25) is 14.4 Å². The molecule has 1 saturated heterocycles. The zero-order valence-electron chi connectivity index (χ0n) is 12.8. The van der Waals surface area contributed by atoms with E-state index in [1.54, 1.807) is 4.90 Å². The third kappa shape index (κ3) is 3.63. The fourth-order valence-corrected chi connectivity index (χ4v) is 2.70. The molecule has 0 bridgehead atoms. The van der Waals surface area contributed by atoms with Crippen molar-refractivity contribution < 1.29 is 19.5 Å². The molecule has 1 aliphatic heterocycles. The second kappa shape index (κ2) is 6.60. The Hall–Kier alpha value is -2.37. The van der Waals surface area contributed by atoms with Crippen LogP contribution in [0.25, 0.3) is 0 Å². The summed E-state index contributed by atoms with van der Waals surface area (Å²) >= 11 is 0. The molecule has 6 heteroatoms. The number of hydrogen-bond donors (Lipinski definition) is 2. The van der Waals surface area contributed by atoms with Gasteiger partial charge >= 0.3 is 5.97 Å². The Morgan fingerprint density at radius 3 is 2.50 bits per heavy atom. The van der Waals surface area contributed by atoms with Crippen LogP contribution in [0, 0.1) is 19.8 Å². The smallest absolute Gasteiger partial charge is 0.305 e. The minimum absolute atomic E-state index is 0.0432. The van der Waals surface area contributed by atoms with Crippen molar-refractivity contribution in [3.63, 3.8) is 0 Å². The highest BCUT2D eigenvalue weighted by molar-refractivity contribution is 6.09. The number of amides is 2. The van der Waals surface area contributed by atoms with Gasteiger partial charge in [-0.05, 0) is 43.5 Å². The van der Waals surface area contributed by atoms with Crippen LogP contribution in [0.3, 0.4) is 0 Å². The first kappa shape index (κ1) is 16.0. The van der Waals surface area contributed by atoms with Crippen LogP contribution in [-0.4, -0.2) is 36.0 Å². The number of carbonyl (C=O) groups is 3. The molecule has 118 valence electrons. The molecule has 0 radical (unpaired) electrons. The summed E-state index contributed by atoms with van der Waals surface area (Å²) in [7, 11) is 0. The van der Waals surface area contributed by atoms with Crippen molar-refractivity contribution in [2.75, 3.05) is 18.0 Å². The summed E-state index contributed by atoms with van der Waals surface area (Å²) in [4.78, 5) is 36.5. The van der Waals surface area contributed by atoms with Gasteiger partial charge in [-0.25, -0.2) is 0 Å². The normalized spacial score (nSPS) is 17.6. The monoisotopic (exact) mass is 304 g/mol. The minimum atomic E-state index is -0.977. The lowest BCUT2D eigenvalue weighted by Crippen LogP contribution is -2.37. The van der Waals surface area contributed by atoms with Crippen LogP contribution >= 0.6 is 0 Å². The van der Waals surface area contributed by atoms with Crippen molar-refractivity contribution in [2.45, 2.75) is 26.7 Å². The number of benzene rings is 1. The van der Waals surface area contributed by atoms with Gasteiger partial charge in [-0.1, -0.05) is 6.07 Å². The Bertz CT molecular complexity index is 592. The van der Waals surface area contributed by atoms with Crippen LogP contribution in [0.15, 0.2) is 18.2 Å². The maximum Gasteiger partial charge on any atom is 0.305 e. The predicted octanol–water partition coefficient (Wildman–Crippen LogP) is 1.25. The van der Waals surface area contributed by atoms with Gasteiger partial charge in [-0.15, -0.1) is 0 Å². The average Bonchev–Trinajstić information content (AvgIpc) is 2.79. The van der Waals surface area contributed by atoms with Crippen LogP contribution in [0.5, 0.6) is 0 Å². The number of carboxylic acid groups (broad SMARTS) is 1. The van der Waals surface area contributed by atoms with Gasteiger partial charge in [-0.2, -0.15) is 0 Å². The molecule has 2 rings (SSSR count). The SMILES string of the molecule is Cc1cc(C)cc(N2CC[C@@H](C(=O)NCCC(=O)O)C2=O)c1. The Morgan fingerprint density at radius 2 is 1.91 bits per heavy atom.